The van der Waals surface area contributed by atoms with Crippen molar-refractivity contribution in [2.24, 2.45) is 0 Å². The first-order valence-electron chi connectivity index (χ1n) is 7.56. The Balaban J connectivity index is 2.65. The fourth-order valence-corrected chi connectivity index (χ4v) is 2.85. The maximum absolute atomic E-state index is 11.8. The van der Waals surface area contributed by atoms with Gasteiger partial charge in [0.2, 0.25) is 0 Å². The van der Waals surface area contributed by atoms with Crippen LogP contribution in [0.4, 0.5) is 5.69 Å². The predicted octanol–water partition coefficient (Wildman–Crippen LogP) is 1.82. The van der Waals surface area contributed by atoms with Crippen LogP contribution in [0.25, 0.3) is 10.9 Å². The third kappa shape index (κ3) is 3.27. The molecule has 6 heteroatoms. The third-order valence-corrected chi connectivity index (χ3v) is 4.16. The van der Waals surface area contributed by atoms with Crippen LogP contribution < -0.4 is 10.5 Å². The number of fused-ring (bicyclic) bond motifs is 1. The summed E-state index contributed by atoms with van der Waals surface area (Å²) in [7, 11) is 7.06. The van der Waals surface area contributed by atoms with Gasteiger partial charge in [0.25, 0.3) is 0 Å². The average Bonchev–Trinajstić information content (AvgIpc) is 2.78. The maximum atomic E-state index is 11.8. The lowest BCUT2D eigenvalue weighted by atomic mass is 10.1. The minimum Gasteiger partial charge on any atom is -0.495 e. The number of likely N-dealkylation sites (N-methyl/N-ethyl adjacent to an activating group) is 1. The lowest BCUT2D eigenvalue weighted by Crippen LogP contribution is -2.19. The molecule has 0 bridgehead atoms. The lowest BCUT2D eigenvalue weighted by molar-refractivity contribution is -0.139. The van der Waals surface area contributed by atoms with Gasteiger partial charge in [-0.25, -0.2) is 0 Å². The van der Waals surface area contributed by atoms with Crippen molar-refractivity contribution in [2.75, 3.05) is 40.6 Å². The number of carbonyl (C=O) groups excluding carboxylic acids is 1. The predicted molar refractivity (Wildman–Crippen MR) is 91.9 cm³/mol. The van der Waals surface area contributed by atoms with Crippen molar-refractivity contribution in [3.05, 3.63) is 23.4 Å². The maximum Gasteiger partial charge on any atom is 0.310 e. The molecular formula is C17H25N3O3. The molecule has 2 N–H and O–H groups in total. The number of nitrogen functional groups attached to an aromatic ring is 1. The van der Waals surface area contributed by atoms with E-state index in [0.29, 0.717) is 11.4 Å². The van der Waals surface area contributed by atoms with Crippen LogP contribution in [-0.2, 0) is 22.5 Å². The molecule has 0 saturated carbocycles. The van der Waals surface area contributed by atoms with Gasteiger partial charge in [0.15, 0.2) is 0 Å². The number of rotatable bonds is 6. The quantitative estimate of drug-likeness (QED) is 0.650. The van der Waals surface area contributed by atoms with Gasteiger partial charge < -0.3 is 24.7 Å². The van der Waals surface area contributed by atoms with Crippen molar-refractivity contribution in [3.63, 3.8) is 0 Å². The highest BCUT2D eigenvalue weighted by atomic mass is 16.5. The highest BCUT2D eigenvalue weighted by Gasteiger charge is 2.20. The monoisotopic (exact) mass is 319 g/mol. The molecule has 1 aromatic heterocycles. The van der Waals surface area contributed by atoms with E-state index >= 15 is 0 Å². The molecule has 0 amide bonds. The minimum atomic E-state index is -0.276. The van der Waals surface area contributed by atoms with E-state index in [-0.39, 0.29) is 12.4 Å². The average molecular weight is 319 g/mol. The number of aromatic nitrogens is 1. The second kappa shape index (κ2) is 6.91. The Morgan fingerprint density at radius 3 is 2.57 bits per heavy atom. The van der Waals surface area contributed by atoms with Crippen molar-refractivity contribution in [1.82, 2.24) is 9.47 Å². The fourth-order valence-electron chi connectivity index (χ4n) is 2.85. The van der Waals surface area contributed by atoms with Crippen LogP contribution in [0.1, 0.15) is 11.3 Å². The number of esters is 1. The van der Waals surface area contributed by atoms with Gasteiger partial charge in [-0.2, -0.15) is 0 Å². The largest absolute Gasteiger partial charge is 0.495 e. The van der Waals surface area contributed by atoms with Crippen molar-refractivity contribution < 1.29 is 14.3 Å². The molecule has 6 nitrogen and oxygen atoms in total. The van der Waals surface area contributed by atoms with E-state index in [9.17, 15) is 4.79 Å². The van der Waals surface area contributed by atoms with Gasteiger partial charge in [0.05, 0.1) is 31.8 Å². The fraction of sp³-hybridized carbons (Fsp3) is 0.471. The van der Waals surface area contributed by atoms with Crippen molar-refractivity contribution in [1.29, 1.82) is 0 Å². The number of carbonyl (C=O) groups is 1. The second-order valence-corrected chi connectivity index (χ2v) is 5.85. The Kier molecular flexibility index (Phi) is 5.15. The first-order chi connectivity index (χ1) is 10.9. The molecule has 0 saturated heterocycles. The number of anilines is 1. The van der Waals surface area contributed by atoms with Crippen molar-refractivity contribution in [2.45, 2.75) is 19.9 Å². The summed E-state index contributed by atoms with van der Waals surface area (Å²) < 4.78 is 12.4. The Bertz CT molecular complexity index is 720. The molecule has 0 fully saturated rings. The summed E-state index contributed by atoms with van der Waals surface area (Å²) in [4.78, 5) is 13.9. The molecule has 0 aliphatic rings. The molecule has 126 valence electrons. The molecule has 0 atom stereocenters. The minimum absolute atomic E-state index is 0.200. The van der Waals surface area contributed by atoms with Gasteiger partial charge >= 0.3 is 5.97 Å². The first kappa shape index (κ1) is 17.1. The van der Waals surface area contributed by atoms with Crippen LogP contribution in [0, 0.1) is 6.92 Å². The summed E-state index contributed by atoms with van der Waals surface area (Å²) in [6, 6.07) is 3.86. The van der Waals surface area contributed by atoms with E-state index < -0.39 is 0 Å². The molecule has 0 aliphatic carbocycles. The molecule has 0 spiro atoms. The van der Waals surface area contributed by atoms with Gasteiger partial charge in [-0.15, -0.1) is 0 Å². The topological polar surface area (TPSA) is 69.7 Å². The second-order valence-electron chi connectivity index (χ2n) is 5.85. The van der Waals surface area contributed by atoms with Crippen LogP contribution in [0.3, 0.4) is 0 Å². The Labute approximate surface area is 136 Å². The summed E-state index contributed by atoms with van der Waals surface area (Å²) in [6.45, 7) is 3.73. The summed E-state index contributed by atoms with van der Waals surface area (Å²) >= 11 is 0. The summed E-state index contributed by atoms with van der Waals surface area (Å²) in [6.07, 6.45) is 0.200. The number of methoxy groups -OCH3 is 2. The molecule has 1 aromatic carbocycles. The summed E-state index contributed by atoms with van der Waals surface area (Å²) in [5.41, 5.74) is 9.80. The number of hydrogen-bond acceptors (Lipinski definition) is 5. The van der Waals surface area contributed by atoms with E-state index in [4.69, 9.17) is 15.2 Å². The molecule has 0 aliphatic heterocycles. The van der Waals surface area contributed by atoms with E-state index in [1.807, 2.05) is 33.2 Å². The van der Waals surface area contributed by atoms with Crippen LogP contribution >= 0.6 is 0 Å². The van der Waals surface area contributed by atoms with Crippen LogP contribution in [0.2, 0.25) is 0 Å². The van der Waals surface area contributed by atoms with E-state index in [1.54, 1.807) is 7.11 Å². The van der Waals surface area contributed by atoms with Crippen molar-refractivity contribution in [3.8, 4) is 5.75 Å². The van der Waals surface area contributed by atoms with Crippen molar-refractivity contribution >= 4 is 22.6 Å². The van der Waals surface area contributed by atoms with Gasteiger partial charge in [-0.05, 0) is 38.7 Å². The van der Waals surface area contributed by atoms with E-state index in [0.717, 1.165) is 35.2 Å². The Hall–Kier alpha value is -2.21. The number of ether oxygens (including phenoxy) is 2. The highest BCUT2D eigenvalue weighted by molar-refractivity contribution is 6.00. The standard InChI is InChI=1S/C17H25N3O3/c1-11-12(10-15(21)23-5)16-13(20(11)9-8-19(2)3)6-7-14(22-4)17(16)18/h6-7H,8-10,18H2,1-5H3. The molecular weight excluding hydrogens is 294 g/mol. The van der Waals surface area contributed by atoms with Gasteiger partial charge in [0, 0.05) is 24.2 Å². The smallest absolute Gasteiger partial charge is 0.310 e. The zero-order chi connectivity index (χ0) is 17.1. The van der Waals surface area contributed by atoms with E-state index in [2.05, 4.69) is 9.47 Å². The highest BCUT2D eigenvalue weighted by Crippen LogP contribution is 2.36. The SMILES string of the molecule is COC(=O)Cc1c(C)n(CCN(C)C)c2ccc(OC)c(N)c12. The number of nitrogens with zero attached hydrogens (tertiary/aromatic N) is 2. The van der Waals surface area contributed by atoms with Crippen LogP contribution in [0.5, 0.6) is 5.75 Å². The molecule has 1 heterocycles. The van der Waals surface area contributed by atoms with Gasteiger partial charge in [-0.1, -0.05) is 0 Å². The Morgan fingerprint density at radius 2 is 2.00 bits per heavy atom. The third-order valence-electron chi connectivity index (χ3n) is 4.16. The van der Waals surface area contributed by atoms with E-state index in [1.165, 1.54) is 7.11 Å². The van der Waals surface area contributed by atoms with Crippen LogP contribution in [-0.4, -0.2) is 50.3 Å². The zero-order valence-corrected chi connectivity index (χ0v) is 14.5. The van der Waals surface area contributed by atoms with Gasteiger partial charge in [-0.3, -0.25) is 4.79 Å². The molecule has 2 aromatic rings. The first-order valence-corrected chi connectivity index (χ1v) is 7.56. The lowest BCUT2D eigenvalue weighted by Gasteiger charge is -2.13. The zero-order valence-electron chi connectivity index (χ0n) is 14.5. The number of hydrogen-bond donors (Lipinski definition) is 1. The number of benzene rings is 1. The molecule has 0 unspecified atom stereocenters. The molecule has 2 rings (SSSR count). The molecule has 0 radical (unpaired) electrons. The van der Waals surface area contributed by atoms with Crippen LogP contribution in [0.15, 0.2) is 12.1 Å². The normalized spacial score (nSPS) is 11.2. The van der Waals surface area contributed by atoms with Gasteiger partial charge in [0.1, 0.15) is 5.75 Å². The summed E-state index contributed by atoms with van der Waals surface area (Å²) in [5.74, 6) is 0.343. The summed E-state index contributed by atoms with van der Waals surface area (Å²) in [5, 5.41) is 0.881. The number of nitrogens with two attached hydrogens (primary N) is 1. The molecule has 23 heavy (non-hydrogen) atoms. The Morgan fingerprint density at radius 1 is 1.30 bits per heavy atom.